The van der Waals surface area contributed by atoms with Gasteiger partial charge in [-0.15, -0.1) is 0 Å². The predicted molar refractivity (Wildman–Crippen MR) is 71.7 cm³/mol. The molecule has 0 radical (unpaired) electrons. The molecule has 1 fully saturated rings. The molecule has 1 saturated carbocycles. The van der Waals surface area contributed by atoms with E-state index < -0.39 is 12.1 Å². The first-order valence-corrected chi connectivity index (χ1v) is 7.12. The maximum atomic E-state index is 11.8. The fourth-order valence-electron chi connectivity index (χ4n) is 2.08. The summed E-state index contributed by atoms with van der Waals surface area (Å²) in [6.45, 7) is 1.56. The number of rotatable bonds is 4. The number of amides is 1. The summed E-state index contributed by atoms with van der Waals surface area (Å²) in [7, 11) is 0. The van der Waals surface area contributed by atoms with Crippen LogP contribution in [0.3, 0.4) is 0 Å². The van der Waals surface area contributed by atoms with Gasteiger partial charge in [0.05, 0.1) is 0 Å². The summed E-state index contributed by atoms with van der Waals surface area (Å²) in [5, 5.41) is 2.88. The number of hydrogen-bond donors (Lipinski definition) is 1. The Kier molecular flexibility index (Phi) is 4.63. The summed E-state index contributed by atoms with van der Waals surface area (Å²) in [6, 6.07) is 3.31. The second-order valence-electron chi connectivity index (χ2n) is 4.64. The molecule has 1 heterocycles. The fraction of sp³-hybridized carbons (Fsp3) is 0.538. The van der Waals surface area contributed by atoms with Crippen LogP contribution in [0.5, 0.6) is 0 Å². The third-order valence-electron chi connectivity index (χ3n) is 3.13. The molecule has 0 saturated heterocycles. The molecule has 1 aromatic rings. The summed E-state index contributed by atoms with van der Waals surface area (Å²) in [5.41, 5.74) is 0. The zero-order valence-corrected chi connectivity index (χ0v) is 12.2. The highest BCUT2D eigenvalue weighted by atomic mass is 79.9. The minimum absolute atomic E-state index is 0.0763. The number of hydrogen-bond acceptors (Lipinski definition) is 4. The molecule has 19 heavy (non-hydrogen) atoms. The molecule has 0 unspecified atom stereocenters. The molecule has 1 atom stereocenters. The molecular weight excluding hydrogens is 314 g/mol. The van der Waals surface area contributed by atoms with Crippen molar-refractivity contribution in [1.82, 2.24) is 5.32 Å². The standard InChI is InChI=1S/C13H16BrNO4/c1-8(12(16)15-9-4-2-3-5-9)18-13(17)10-6-7-11(14)19-10/h6-9H,2-5H2,1H3,(H,15,16)/t8-/m0/s1. The van der Waals surface area contributed by atoms with Crippen LogP contribution < -0.4 is 5.32 Å². The van der Waals surface area contributed by atoms with Gasteiger partial charge in [-0.05, 0) is 47.8 Å². The Bertz CT molecular complexity index is 465. The molecule has 0 bridgehead atoms. The van der Waals surface area contributed by atoms with Crippen LogP contribution in [0.1, 0.15) is 43.2 Å². The molecule has 1 aliphatic rings. The summed E-state index contributed by atoms with van der Waals surface area (Å²) < 4.78 is 10.6. The van der Waals surface area contributed by atoms with Crippen LogP contribution in [0, 0.1) is 0 Å². The summed E-state index contributed by atoms with van der Waals surface area (Å²) in [4.78, 5) is 23.5. The second kappa shape index (κ2) is 6.23. The van der Waals surface area contributed by atoms with E-state index in [0.717, 1.165) is 25.7 Å². The van der Waals surface area contributed by atoms with Crippen molar-refractivity contribution >= 4 is 27.8 Å². The van der Waals surface area contributed by atoms with Crippen LogP contribution in [0.2, 0.25) is 0 Å². The van der Waals surface area contributed by atoms with Gasteiger partial charge in [-0.2, -0.15) is 0 Å². The smallest absolute Gasteiger partial charge is 0.375 e. The van der Waals surface area contributed by atoms with Crippen LogP contribution in [-0.2, 0) is 9.53 Å². The first-order chi connectivity index (χ1) is 9.06. The van der Waals surface area contributed by atoms with E-state index in [-0.39, 0.29) is 17.7 Å². The molecule has 1 amide bonds. The molecule has 0 spiro atoms. The van der Waals surface area contributed by atoms with Crippen molar-refractivity contribution in [2.24, 2.45) is 0 Å². The summed E-state index contributed by atoms with van der Waals surface area (Å²) in [5.74, 6) is -0.821. The van der Waals surface area contributed by atoms with Crippen LogP contribution in [-0.4, -0.2) is 24.0 Å². The number of ether oxygens (including phenoxy) is 1. The van der Waals surface area contributed by atoms with Gasteiger partial charge in [0.1, 0.15) is 0 Å². The van der Waals surface area contributed by atoms with Crippen molar-refractivity contribution in [3.05, 3.63) is 22.6 Å². The zero-order valence-electron chi connectivity index (χ0n) is 10.6. The second-order valence-corrected chi connectivity index (χ2v) is 5.42. The lowest BCUT2D eigenvalue weighted by Crippen LogP contribution is -2.40. The normalized spacial score (nSPS) is 17.2. The SMILES string of the molecule is C[C@H](OC(=O)c1ccc(Br)o1)C(=O)NC1CCCC1. The van der Waals surface area contributed by atoms with Crippen molar-refractivity contribution in [2.75, 3.05) is 0 Å². The van der Waals surface area contributed by atoms with Gasteiger partial charge in [-0.25, -0.2) is 4.79 Å². The zero-order chi connectivity index (χ0) is 13.8. The van der Waals surface area contributed by atoms with E-state index in [1.165, 1.54) is 6.07 Å². The number of esters is 1. The molecule has 0 aromatic carbocycles. The van der Waals surface area contributed by atoms with Gasteiger partial charge in [0, 0.05) is 6.04 Å². The Morgan fingerprint density at radius 3 is 2.68 bits per heavy atom. The summed E-state index contributed by atoms with van der Waals surface area (Å²) >= 11 is 3.10. The number of furan rings is 1. The van der Waals surface area contributed by atoms with Crippen LogP contribution in [0.15, 0.2) is 21.2 Å². The van der Waals surface area contributed by atoms with Crippen molar-refractivity contribution in [2.45, 2.75) is 44.8 Å². The number of halogens is 1. The third-order valence-corrected chi connectivity index (χ3v) is 3.56. The Morgan fingerprint density at radius 2 is 2.11 bits per heavy atom. The highest BCUT2D eigenvalue weighted by molar-refractivity contribution is 9.10. The topological polar surface area (TPSA) is 68.5 Å². The predicted octanol–water partition coefficient (Wildman–Crippen LogP) is 2.65. The highest BCUT2D eigenvalue weighted by Crippen LogP contribution is 2.18. The first-order valence-electron chi connectivity index (χ1n) is 6.33. The van der Waals surface area contributed by atoms with Crippen LogP contribution in [0.25, 0.3) is 0 Å². The molecule has 6 heteroatoms. The van der Waals surface area contributed by atoms with Gasteiger partial charge in [0.15, 0.2) is 10.8 Å². The minimum atomic E-state index is -0.822. The number of carbonyl (C=O) groups excluding carboxylic acids is 2. The average molecular weight is 330 g/mol. The van der Waals surface area contributed by atoms with Crippen molar-refractivity contribution < 1.29 is 18.7 Å². The lowest BCUT2D eigenvalue weighted by Gasteiger charge is -2.16. The van der Waals surface area contributed by atoms with Crippen molar-refractivity contribution in [3.8, 4) is 0 Å². The van der Waals surface area contributed by atoms with E-state index in [9.17, 15) is 9.59 Å². The third kappa shape index (κ3) is 3.83. The average Bonchev–Trinajstić information content (AvgIpc) is 3.00. The summed E-state index contributed by atoms with van der Waals surface area (Å²) in [6.07, 6.45) is 3.45. The van der Waals surface area contributed by atoms with E-state index in [1.54, 1.807) is 13.0 Å². The monoisotopic (exact) mass is 329 g/mol. The van der Waals surface area contributed by atoms with Gasteiger partial charge in [-0.3, -0.25) is 4.79 Å². The van der Waals surface area contributed by atoms with E-state index in [4.69, 9.17) is 9.15 Å². The van der Waals surface area contributed by atoms with E-state index in [2.05, 4.69) is 21.2 Å². The Labute approximate surface area is 119 Å². The molecule has 104 valence electrons. The van der Waals surface area contributed by atoms with Gasteiger partial charge in [-0.1, -0.05) is 12.8 Å². The van der Waals surface area contributed by atoms with E-state index in [1.807, 2.05) is 0 Å². The molecule has 0 aliphatic heterocycles. The van der Waals surface area contributed by atoms with Gasteiger partial charge in [0.2, 0.25) is 5.76 Å². The van der Waals surface area contributed by atoms with Crippen LogP contribution in [0.4, 0.5) is 0 Å². The minimum Gasteiger partial charge on any atom is -0.447 e. The maximum Gasteiger partial charge on any atom is 0.375 e. The maximum absolute atomic E-state index is 11.8. The van der Waals surface area contributed by atoms with E-state index >= 15 is 0 Å². The molecule has 1 aliphatic carbocycles. The fourth-order valence-corrected chi connectivity index (χ4v) is 2.39. The molecule has 1 N–H and O–H groups in total. The number of nitrogens with one attached hydrogen (secondary N) is 1. The molecule has 5 nitrogen and oxygen atoms in total. The molecule has 1 aromatic heterocycles. The largest absolute Gasteiger partial charge is 0.447 e. The lowest BCUT2D eigenvalue weighted by molar-refractivity contribution is -0.129. The molecular formula is C13H16BrNO4. The van der Waals surface area contributed by atoms with Gasteiger partial charge in [0.25, 0.3) is 5.91 Å². The van der Waals surface area contributed by atoms with Crippen molar-refractivity contribution in [1.29, 1.82) is 0 Å². The first kappa shape index (κ1) is 14.1. The Morgan fingerprint density at radius 1 is 1.42 bits per heavy atom. The van der Waals surface area contributed by atoms with Gasteiger partial charge >= 0.3 is 5.97 Å². The highest BCUT2D eigenvalue weighted by Gasteiger charge is 2.24. The van der Waals surface area contributed by atoms with Crippen LogP contribution >= 0.6 is 15.9 Å². The Balaban J connectivity index is 1.84. The van der Waals surface area contributed by atoms with Gasteiger partial charge < -0.3 is 14.5 Å². The van der Waals surface area contributed by atoms with Crippen molar-refractivity contribution in [3.63, 3.8) is 0 Å². The lowest BCUT2D eigenvalue weighted by atomic mass is 10.2. The number of carbonyl (C=O) groups is 2. The quantitative estimate of drug-likeness (QED) is 0.862. The Hall–Kier alpha value is -1.30. The molecule has 2 rings (SSSR count). The van der Waals surface area contributed by atoms with E-state index in [0.29, 0.717) is 4.67 Å².